The van der Waals surface area contributed by atoms with Crippen LogP contribution in [0, 0.1) is 0 Å². The molecule has 1 aromatic heterocycles. The molecule has 0 saturated heterocycles. The summed E-state index contributed by atoms with van der Waals surface area (Å²) in [6, 6.07) is 0. The Morgan fingerprint density at radius 3 is 1.40 bits per heavy atom. The minimum Gasteiger partial charge on any atom is -0.504 e. The summed E-state index contributed by atoms with van der Waals surface area (Å²) >= 11 is 0.343. The van der Waals surface area contributed by atoms with Crippen molar-refractivity contribution in [1.29, 1.82) is 0 Å². The zero-order chi connectivity index (χ0) is 33.0. The van der Waals surface area contributed by atoms with Crippen LogP contribution in [0.2, 0.25) is 0 Å². The van der Waals surface area contributed by atoms with Crippen molar-refractivity contribution in [3.63, 3.8) is 0 Å². The number of nitrogens with zero attached hydrogens (tertiary/aromatic N) is 1. The number of thiazole rings is 1. The second-order valence-electron chi connectivity index (χ2n) is 8.91. The van der Waals surface area contributed by atoms with Crippen molar-refractivity contribution in [2.45, 2.75) is 30.5 Å². The van der Waals surface area contributed by atoms with Gasteiger partial charge in [0.15, 0.2) is 45.3 Å². The molecule has 1 heterocycles. The zero-order valence-electron chi connectivity index (χ0n) is 20.9. The van der Waals surface area contributed by atoms with Gasteiger partial charge in [-0.3, -0.25) is 4.79 Å². The number of carbonyl (C=O) groups excluding carboxylic acids is 1. The summed E-state index contributed by atoms with van der Waals surface area (Å²) in [5.74, 6) is -25.7. The van der Waals surface area contributed by atoms with E-state index in [1.807, 2.05) is 0 Å². The first-order valence-corrected chi connectivity index (χ1v) is 11.9. The van der Waals surface area contributed by atoms with E-state index in [0.29, 0.717) is 11.3 Å². The lowest BCUT2D eigenvalue weighted by Gasteiger charge is -2.32. The molecule has 0 atom stereocenters. The Balaban J connectivity index is 1.90. The van der Waals surface area contributed by atoms with Crippen LogP contribution in [0.5, 0.6) is 56.8 Å². The molecule has 0 aliphatic rings. The first-order chi connectivity index (χ1) is 19.5. The Bertz CT molecular complexity index is 1550. The van der Waals surface area contributed by atoms with Gasteiger partial charge in [-0.1, -0.05) is 11.3 Å². The van der Waals surface area contributed by atoms with Gasteiger partial charge in [0.2, 0.25) is 34.1 Å². The van der Waals surface area contributed by atoms with E-state index in [1.165, 1.54) is 5.32 Å². The number of carbonyl (C=O) groups is 1. The number of hydrogen-bond donors (Lipinski definition) is 19. The molecule has 43 heavy (non-hydrogen) atoms. The SMILES string of the molecule is Nc1nc(C(O)(O)C(=O)Nc2c(O)c(O)c(CC(O)(O)NC(O)(O)Cc3c(O)c(O)c(O)c(O)c3O)c(O)c2O)c(O)s1. The van der Waals surface area contributed by atoms with Crippen molar-refractivity contribution in [2.24, 2.45) is 0 Å². The van der Waals surface area contributed by atoms with Crippen molar-refractivity contribution in [3.05, 3.63) is 16.8 Å². The van der Waals surface area contributed by atoms with Crippen molar-refractivity contribution in [3.8, 4) is 56.8 Å². The normalized spacial score (nSPS) is 12.4. The third-order valence-corrected chi connectivity index (χ3v) is 6.41. The van der Waals surface area contributed by atoms with Crippen molar-refractivity contribution in [1.82, 2.24) is 10.3 Å². The zero-order valence-corrected chi connectivity index (χ0v) is 21.7. The molecule has 3 aromatic rings. The van der Waals surface area contributed by atoms with Crippen LogP contribution in [0.3, 0.4) is 0 Å². The molecule has 0 unspecified atom stereocenters. The van der Waals surface area contributed by atoms with Gasteiger partial charge in [0.25, 0.3) is 11.7 Å². The van der Waals surface area contributed by atoms with Gasteiger partial charge in [-0.25, -0.2) is 10.3 Å². The van der Waals surface area contributed by atoms with Gasteiger partial charge in [-0.05, 0) is 0 Å². The third-order valence-electron chi connectivity index (χ3n) is 5.72. The van der Waals surface area contributed by atoms with Gasteiger partial charge in [0.05, 0.1) is 11.1 Å². The van der Waals surface area contributed by atoms with Gasteiger partial charge in [0, 0.05) is 12.8 Å². The summed E-state index contributed by atoms with van der Waals surface area (Å²) in [6.07, 6.45) is -3.00. The van der Waals surface area contributed by atoms with E-state index >= 15 is 0 Å². The molecule has 0 radical (unpaired) electrons. The molecule has 20 N–H and O–H groups in total. The highest BCUT2D eigenvalue weighted by Crippen LogP contribution is 2.52. The summed E-state index contributed by atoms with van der Waals surface area (Å²) in [4.78, 5) is 15.8. The highest BCUT2D eigenvalue weighted by Gasteiger charge is 2.44. The number of aromatic hydroxyl groups is 10. The number of aromatic nitrogens is 1. The van der Waals surface area contributed by atoms with Crippen LogP contribution in [0.4, 0.5) is 10.8 Å². The van der Waals surface area contributed by atoms with E-state index in [0.717, 1.165) is 0 Å². The van der Waals surface area contributed by atoms with Crippen LogP contribution in [0.15, 0.2) is 0 Å². The van der Waals surface area contributed by atoms with E-state index in [4.69, 9.17) is 5.73 Å². The van der Waals surface area contributed by atoms with Gasteiger partial charge >= 0.3 is 0 Å². The fourth-order valence-corrected chi connectivity index (χ4v) is 4.32. The van der Waals surface area contributed by atoms with Crippen LogP contribution in [-0.4, -0.2) is 104 Å². The molecule has 22 heteroatoms. The number of phenolic OH excluding ortho intramolecular Hbond substituents is 9. The lowest BCUT2D eigenvalue weighted by Crippen LogP contribution is -2.60. The monoisotopic (exact) mass is 636 g/mol. The van der Waals surface area contributed by atoms with Gasteiger partial charge in [-0.15, -0.1) is 0 Å². The Labute approximate surface area is 240 Å². The number of nitrogen functional groups attached to an aromatic ring is 1. The Morgan fingerprint density at radius 2 is 1.02 bits per heavy atom. The van der Waals surface area contributed by atoms with Crippen LogP contribution in [-0.2, 0) is 23.4 Å². The second-order valence-corrected chi connectivity index (χ2v) is 9.92. The minimum atomic E-state index is -3.66. The first-order valence-electron chi connectivity index (χ1n) is 11.1. The van der Waals surface area contributed by atoms with E-state index in [2.05, 4.69) is 4.98 Å². The summed E-state index contributed by atoms with van der Waals surface area (Å²) in [7, 11) is 0. The number of anilines is 2. The Kier molecular flexibility index (Phi) is 8.12. The molecule has 0 fully saturated rings. The van der Waals surface area contributed by atoms with Crippen LogP contribution in [0.1, 0.15) is 16.8 Å². The maximum absolute atomic E-state index is 12.4. The van der Waals surface area contributed by atoms with E-state index in [9.17, 15) is 86.5 Å². The number of hydrogen-bond acceptors (Lipinski definition) is 21. The van der Waals surface area contributed by atoms with Crippen molar-refractivity contribution in [2.75, 3.05) is 11.1 Å². The van der Waals surface area contributed by atoms with E-state index in [-0.39, 0.29) is 0 Å². The van der Waals surface area contributed by atoms with E-state index in [1.54, 1.807) is 5.32 Å². The maximum Gasteiger partial charge on any atom is 0.294 e. The van der Waals surface area contributed by atoms with Gasteiger partial charge < -0.3 is 92.8 Å². The molecule has 0 bridgehead atoms. The Hall–Kier alpha value is -4.94. The summed E-state index contributed by atoms with van der Waals surface area (Å²) in [5.41, 5.74) is 0.786. The van der Waals surface area contributed by atoms with E-state index < -0.39 is 121 Å². The molecule has 0 spiro atoms. The first kappa shape index (κ1) is 32.6. The number of amides is 1. The van der Waals surface area contributed by atoms with Crippen molar-refractivity contribution >= 4 is 28.1 Å². The van der Waals surface area contributed by atoms with Crippen LogP contribution < -0.4 is 16.4 Å². The Morgan fingerprint density at radius 1 is 0.651 bits per heavy atom. The minimum absolute atomic E-state index is 0.343. The largest absolute Gasteiger partial charge is 0.504 e. The highest BCUT2D eigenvalue weighted by atomic mass is 32.1. The predicted molar refractivity (Wildman–Crippen MR) is 136 cm³/mol. The second kappa shape index (κ2) is 10.7. The summed E-state index contributed by atoms with van der Waals surface area (Å²) in [6.45, 7) is 0. The molecular formula is C21H24N4O17S. The average molecular weight is 637 g/mol. The highest BCUT2D eigenvalue weighted by molar-refractivity contribution is 7.17. The average Bonchev–Trinajstić information content (AvgIpc) is 3.25. The number of aliphatic hydroxyl groups is 6. The number of nitrogens with one attached hydrogen (secondary N) is 2. The smallest absolute Gasteiger partial charge is 0.294 e. The lowest BCUT2D eigenvalue weighted by atomic mass is 10.0. The molecule has 3 rings (SSSR count). The maximum atomic E-state index is 12.4. The molecular weight excluding hydrogens is 612 g/mol. The summed E-state index contributed by atoms with van der Waals surface area (Å²) in [5, 5.41) is 162. The summed E-state index contributed by atoms with van der Waals surface area (Å²) < 4.78 is 0. The molecule has 0 aliphatic heterocycles. The van der Waals surface area contributed by atoms with Gasteiger partial charge in [-0.2, -0.15) is 0 Å². The molecule has 21 nitrogen and oxygen atoms in total. The molecule has 1 amide bonds. The number of benzene rings is 2. The number of rotatable bonds is 9. The third kappa shape index (κ3) is 6.01. The standard InChI is InChI=1S/C21H24N4O17S/c22-18-24-15(16(35)43-18)21(41,42)17(36)23-5-10(30)6(26)3(7(27)11(5)31)1-19(37,38)25-20(39,40)2-4-8(28)12(32)14(34)13(33)9(4)29/h25-35,37-42H,1-2H2,(H2,22,24)(H,23,36). The fourth-order valence-electron chi connectivity index (χ4n) is 3.70. The van der Waals surface area contributed by atoms with Crippen LogP contribution in [0.25, 0.3) is 0 Å². The topological polar surface area (TPSA) is 404 Å². The van der Waals surface area contributed by atoms with Crippen molar-refractivity contribution < 1.29 is 86.5 Å². The van der Waals surface area contributed by atoms with Gasteiger partial charge in [0.1, 0.15) is 5.69 Å². The predicted octanol–water partition coefficient (Wildman–Crippen LogP) is -3.79. The molecule has 2 aromatic carbocycles. The van der Waals surface area contributed by atoms with Crippen LogP contribution >= 0.6 is 11.3 Å². The lowest BCUT2D eigenvalue weighted by molar-refractivity contribution is -0.284. The molecule has 0 aliphatic carbocycles. The molecule has 236 valence electrons. The quantitative estimate of drug-likeness (QED) is 0.0608. The number of phenols is 9. The number of nitrogens with two attached hydrogens (primary N) is 1. The fraction of sp³-hybridized carbons (Fsp3) is 0.238. The molecule has 0 saturated carbocycles.